The second-order valence-corrected chi connectivity index (χ2v) is 7.09. The summed E-state index contributed by atoms with van der Waals surface area (Å²) in [7, 11) is 0. The first-order valence-electron chi connectivity index (χ1n) is 8.01. The number of fused-ring (bicyclic) bond motifs is 1. The fraction of sp³-hybridized carbons (Fsp3) is 0.529. The number of aromatic nitrogens is 1. The molecule has 1 aliphatic rings. The van der Waals surface area contributed by atoms with Crippen LogP contribution in [0.25, 0.3) is 11.1 Å². The van der Waals surface area contributed by atoms with Gasteiger partial charge in [0.2, 0.25) is 5.91 Å². The third kappa shape index (κ3) is 3.14. The first-order chi connectivity index (χ1) is 10.7. The van der Waals surface area contributed by atoms with Crippen molar-refractivity contribution in [3.8, 4) is 0 Å². The molecular formula is C17H22N2O2S. The summed E-state index contributed by atoms with van der Waals surface area (Å²) in [6, 6.07) is 8.08. The van der Waals surface area contributed by atoms with Crippen LogP contribution in [0.1, 0.15) is 39.5 Å². The van der Waals surface area contributed by atoms with Crippen LogP contribution in [0.5, 0.6) is 0 Å². The normalized spacial score (nSPS) is 20.3. The molecule has 2 aromatic rings. The number of likely N-dealkylation sites (tertiary alicyclic amines) is 1. The first-order valence-corrected chi connectivity index (χ1v) is 8.89. The van der Waals surface area contributed by atoms with Gasteiger partial charge < -0.3 is 9.32 Å². The summed E-state index contributed by atoms with van der Waals surface area (Å²) in [5.41, 5.74) is 1.61. The molecule has 1 aromatic carbocycles. The second-order valence-electron chi connectivity index (χ2n) is 5.80. The molecule has 4 nitrogen and oxygen atoms in total. The number of nitrogens with zero attached hydrogens (tertiary/aromatic N) is 2. The van der Waals surface area contributed by atoms with Crippen molar-refractivity contribution in [2.45, 2.75) is 56.0 Å². The topological polar surface area (TPSA) is 46.3 Å². The average Bonchev–Trinajstić information content (AvgIpc) is 2.96. The lowest BCUT2D eigenvalue weighted by Crippen LogP contribution is -2.46. The monoisotopic (exact) mass is 318 g/mol. The molecule has 0 bridgehead atoms. The van der Waals surface area contributed by atoms with Crippen LogP contribution in [0.4, 0.5) is 0 Å². The van der Waals surface area contributed by atoms with E-state index in [-0.39, 0.29) is 11.2 Å². The first kappa shape index (κ1) is 15.4. The van der Waals surface area contributed by atoms with Crippen LogP contribution in [-0.4, -0.2) is 33.6 Å². The van der Waals surface area contributed by atoms with Gasteiger partial charge in [-0.15, -0.1) is 0 Å². The minimum atomic E-state index is -0.166. The molecular weight excluding hydrogens is 296 g/mol. The minimum Gasteiger partial charge on any atom is -0.431 e. The van der Waals surface area contributed by atoms with Crippen LogP contribution in [0, 0.1) is 0 Å². The number of oxazole rings is 1. The van der Waals surface area contributed by atoms with Crippen molar-refractivity contribution in [2.24, 2.45) is 0 Å². The van der Waals surface area contributed by atoms with E-state index in [1.165, 1.54) is 18.2 Å². The van der Waals surface area contributed by atoms with Gasteiger partial charge in [-0.25, -0.2) is 4.98 Å². The molecule has 1 aromatic heterocycles. The highest BCUT2D eigenvalue weighted by Gasteiger charge is 2.29. The summed E-state index contributed by atoms with van der Waals surface area (Å²) in [5, 5.41) is 0.410. The van der Waals surface area contributed by atoms with Gasteiger partial charge in [0.05, 0.1) is 5.25 Å². The Morgan fingerprint density at radius 2 is 2.27 bits per heavy atom. The highest BCUT2D eigenvalue weighted by molar-refractivity contribution is 8.00. The van der Waals surface area contributed by atoms with Gasteiger partial charge in [-0.05, 0) is 44.7 Å². The van der Waals surface area contributed by atoms with Gasteiger partial charge in [0.25, 0.3) is 5.22 Å². The summed E-state index contributed by atoms with van der Waals surface area (Å²) in [5.74, 6) is 0.207. The van der Waals surface area contributed by atoms with Gasteiger partial charge >= 0.3 is 0 Å². The Kier molecular flexibility index (Phi) is 4.71. The third-order valence-corrected chi connectivity index (χ3v) is 5.21. The van der Waals surface area contributed by atoms with E-state index in [2.05, 4.69) is 16.8 Å². The zero-order valence-corrected chi connectivity index (χ0v) is 13.9. The van der Waals surface area contributed by atoms with Crippen molar-refractivity contribution in [1.82, 2.24) is 9.88 Å². The minimum absolute atomic E-state index is 0.166. The van der Waals surface area contributed by atoms with E-state index in [0.717, 1.165) is 36.9 Å². The van der Waals surface area contributed by atoms with E-state index >= 15 is 0 Å². The lowest BCUT2D eigenvalue weighted by Gasteiger charge is -2.36. The molecule has 1 aliphatic heterocycles. The lowest BCUT2D eigenvalue weighted by atomic mass is 10.00. The second kappa shape index (κ2) is 6.73. The zero-order chi connectivity index (χ0) is 15.5. The number of amides is 1. The van der Waals surface area contributed by atoms with Gasteiger partial charge in [-0.1, -0.05) is 30.8 Å². The molecule has 1 saturated heterocycles. The molecule has 0 radical (unpaired) electrons. The van der Waals surface area contributed by atoms with E-state index in [1.807, 2.05) is 31.2 Å². The standard InChI is InChI=1S/C17H22N2O2S/c1-3-13-8-6-7-11-19(13)16(20)12(2)22-17-18-14-9-4-5-10-15(14)21-17/h4-5,9-10,12-13H,3,6-8,11H2,1-2H3. The number of piperidine rings is 1. The van der Waals surface area contributed by atoms with Crippen LogP contribution >= 0.6 is 11.8 Å². The lowest BCUT2D eigenvalue weighted by molar-refractivity contribution is -0.134. The third-order valence-electron chi connectivity index (χ3n) is 4.28. The maximum atomic E-state index is 12.7. The van der Waals surface area contributed by atoms with E-state index < -0.39 is 0 Å². The molecule has 1 amide bonds. The predicted molar refractivity (Wildman–Crippen MR) is 89.0 cm³/mol. The summed E-state index contributed by atoms with van der Waals surface area (Å²) in [6.45, 7) is 4.99. The van der Waals surface area contributed by atoms with Crippen molar-refractivity contribution in [3.63, 3.8) is 0 Å². The quantitative estimate of drug-likeness (QED) is 0.796. The molecule has 2 heterocycles. The van der Waals surface area contributed by atoms with Gasteiger partial charge in [-0.3, -0.25) is 4.79 Å². The molecule has 118 valence electrons. The maximum Gasteiger partial charge on any atom is 0.257 e. The highest BCUT2D eigenvalue weighted by atomic mass is 32.2. The summed E-state index contributed by atoms with van der Waals surface area (Å²) < 4.78 is 5.71. The van der Waals surface area contributed by atoms with E-state index in [1.54, 1.807) is 0 Å². The molecule has 2 unspecified atom stereocenters. The molecule has 0 N–H and O–H groups in total. The smallest absolute Gasteiger partial charge is 0.257 e. The Bertz CT molecular complexity index is 622. The van der Waals surface area contributed by atoms with Crippen LogP contribution in [0.3, 0.4) is 0 Å². The number of thioether (sulfide) groups is 1. The fourth-order valence-electron chi connectivity index (χ4n) is 3.05. The fourth-order valence-corrected chi connectivity index (χ4v) is 3.88. The average molecular weight is 318 g/mol. The Morgan fingerprint density at radius 1 is 1.45 bits per heavy atom. The van der Waals surface area contributed by atoms with Gasteiger partial charge in [-0.2, -0.15) is 0 Å². The molecule has 0 saturated carbocycles. The Hall–Kier alpha value is -1.49. The van der Waals surface area contributed by atoms with E-state index in [0.29, 0.717) is 11.3 Å². The Labute approximate surface area is 135 Å². The Balaban J connectivity index is 1.70. The number of carbonyl (C=O) groups excluding carboxylic acids is 1. The summed E-state index contributed by atoms with van der Waals surface area (Å²) >= 11 is 1.41. The van der Waals surface area contributed by atoms with Gasteiger partial charge in [0.1, 0.15) is 5.52 Å². The van der Waals surface area contributed by atoms with Crippen LogP contribution in [-0.2, 0) is 4.79 Å². The van der Waals surface area contributed by atoms with E-state index in [4.69, 9.17) is 4.42 Å². The maximum absolute atomic E-state index is 12.7. The number of benzene rings is 1. The highest BCUT2D eigenvalue weighted by Crippen LogP contribution is 2.29. The van der Waals surface area contributed by atoms with Crippen LogP contribution in [0.15, 0.2) is 33.9 Å². The van der Waals surface area contributed by atoms with Crippen molar-refractivity contribution in [1.29, 1.82) is 0 Å². The molecule has 3 rings (SSSR count). The number of rotatable bonds is 4. The predicted octanol–water partition coefficient (Wildman–Crippen LogP) is 4.10. The van der Waals surface area contributed by atoms with Crippen molar-refractivity contribution in [3.05, 3.63) is 24.3 Å². The Morgan fingerprint density at radius 3 is 3.05 bits per heavy atom. The zero-order valence-electron chi connectivity index (χ0n) is 13.1. The molecule has 0 spiro atoms. The SMILES string of the molecule is CCC1CCCCN1C(=O)C(C)Sc1nc2ccccc2o1. The van der Waals surface area contributed by atoms with Crippen molar-refractivity contribution < 1.29 is 9.21 Å². The number of hydrogen-bond donors (Lipinski definition) is 0. The largest absolute Gasteiger partial charge is 0.431 e. The van der Waals surface area contributed by atoms with Gasteiger partial charge in [0.15, 0.2) is 5.58 Å². The van der Waals surface area contributed by atoms with Crippen LogP contribution in [0.2, 0.25) is 0 Å². The summed E-state index contributed by atoms with van der Waals surface area (Å²) in [4.78, 5) is 19.2. The number of para-hydroxylation sites is 2. The molecule has 2 atom stereocenters. The number of hydrogen-bond acceptors (Lipinski definition) is 4. The molecule has 5 heteroatoms. The molecule has 22 heavy (non-hydrogen) atoms. The van der Waals surface area contributed by atoms with Gasteiger partial charge in [0, 0.05) is 12.6 Å². The van der Waals surface area contributed by atoms with Crippen molar-refractivity contribution in [2.75, 3.05) is 6.54 Å². The molecule has 0 aliphatic carbocycles. The molecule has 1 fully saturated rings. The number of carbonyl (C=O) groups is 1. The van der Waals surface area contributed by atoms with Crippen LogP contribution < -0.4 is 0 Å². The van der Waals surface area contributed by atoms with E-state index in [9.17, 15) is 4.79 Å². The van der Waals surface area contributed by atoms with Crippen molar-refractivity contribution >= 4 is 28.8 Å². The summed E-state index contributed by atoms with van der Waals surface area (Å²) in [6.07, 6.45) is 4.51.